The summed E-state index contributed by atoms with van der Waals surface area (Å²) >= 11 is 0. The number of hydrogen-bond donors (Lipinski definition) is 1. The highest BCUT2D eigenvalue weighted by Crippen LogP contribution is 2.24. The van der Waals surface area contributed by atoms with Gasteiger partial charge in [0.15, 0.2) is 5.65 Å². The van der Waals surface area contributed by atoms with E-state index in [9.17, 15) is 0 Å². The fourth-order valence-corrected chi connectivity index (χ4v) is 3.35. The van der Waals surface area contributed by atoms with Crippen molar-refractivity contribution >= 4 is 22.7 Å². The molecule has 0 aliphatic carbocycles. The first-order valence-electron chi connectivity index (χ1n) is 8.73. The van der Waals surface area contributed by atoms with Crippen LogP contribution in [0, 0.1) is 0 Å². The van der Waals surface area contributed by atoms with E-state index in [0.29, 0.717) is 0 Å². The van der Waals surface area contributed by atoms with Gasteiger partial charge in [0.2, 0.25) is 0 Å². The van der Waals surface area contributed by atoms with Gasteiger partial charge in [-0.3, -0.25) is 14.8 Å². The van der Waals surface area contributed by atoms with Crippen LogP contribution in [0.2, 0.25) is 0 Å². The van der Waals surface area contributed by atoms with Crippen molar-refractivity contribution in [1.29, 1.82) is 0 Å². The standard InChI is InChI=1S/C17H18N10/c1-25-10-12(6-22-25)14-8-18-9-15(23-14)26-2-4-27(5-3-26)17-13-7-21-24-16(13)19-11-20-17/h6-11H,2-5H2,1H3,(H,19,20,21,24). The third-order valence-corrected chi connectivity index (χ3v) is 4.75. The van der Waals surface area contributed by atoms with E-state index in [2.05, 4.69) is 40.0 Å². The quantitative estimate of drug-likeness (QED) is 0.572. The number of nitrogens with one attached hydrogen (secondary N) is 1. The molecular weight excluding hydrogens is 344 g/mol. The molecule has 136 valence electrons. The van der Waals surface area contributed by atoms with Crippen LogP contribution in [0.4, 0.5) is 11.6 Å². The average molecular weight is 362 g/mol. The first-order chi connectivity index (χ1) is 13.3. The second kappa shape index (κ2) is 6.31. The SMILES string of the molecule is Cn1cc(-c2cncc(N3CCN(c4ncnc5[nH]ncc45)CC3)n2)cn1. The summed E-state index contributed by atoms with van der Waals surface area (Å²) in [6.45, 7) is 3.37. The number of piperazine rings is 1. The Morgan fingerprint density at radius 1 is 0.963 bits per heavy atom. The number of H-pyrrole nitrogens is 1. The summed E-state index contributed by atoms with van der Waals surface area (Å²) in [5.41, 5.74) is 2.56. The maximum atomic E-state index is 4.77. The molecule has 4 aromatic heterocycles. The van der Waals surface area contributed by atoms with Crippen molar-refractivity contribution in [2.75, 3.05) is 36.0 Å². The van der Waals surface area contributed by atoms with Crippen molar-refractivity contribution in [3.8, 4) is 11.3 Å². The van der Waals surface area contributed by atoms with Gasteiger partial charge < -0.3 is 9.80 Å². The van der Waals surface area contributed by atoms with Crippen LogP contribution < -0.4 is 9.80 Å². The highest BCUT2D eigenvalue weighted by atomic mass is 15.3. The maximum absolute atomic E-state index is 4.77. The fraction of sp³-hybridized carbons (Fsp3) is 0.294. The van der Waals surface area contributed by atoms with Crippen LogP contribution in [0.15, 0.2) is 37.3 Å². The van der Waals surface area contributed by atoms with Gasteiger partial charge in [0.1, 0.15) is 18.0 Å². The molecule has 10 heteroatoms. The van der Waals surface area contributed by atoms with Crippen molar-refractivity contribution < 1.29 is 0 Å². The number of aromatic amines is 1. The Bertz CT molecular complexity index is 1080. The third kappa shape index (κ3) is 2.84. The predicted molar refractivity (Wildman–Crippen MR) is 100 cm³/mol. The Morgan fingerprint density at radius 2 is 1.81 bits per heavy atom. The van der Waals surface area contributed by atoms with E-state index in [-0.39, 0.29) is 0 Å². The van der Waals surface area contributed by atoms with E-state index in [1.165, 1.54) is 0 Å². The number of anilines is 2. The zero-order chi connectivity index (χ0) is 18.2. The number of nitrogens with zero attached hydrogens (tertiary/aromatic N) is 9. The molecule has 1 aliphatic heterocycles. The van der Waals surface area contributed by atoms with Gasteiger partial charge in [0.05, 0.1) is 35.9 Å². The predicted octanol–water partition coefficient (Wildman–Crippen LogP) is 0.870. The molecule has 0 bridgehead atoms. The lowest BCUT2D eigenvalue weighted by molar-refractivity contribution is 0.642. The second-order valence-corrected chi connectivity index (χ2v) is 6.47. The van der Waals surface area contributed by atoms with Gasteiger partial charge in [-0.25, -0.2) is 15.0 Å². The lowest BCUT2D eigenvalue weighted by Gasteiger charge is -2.36. The molecule has 0 saturated carbocycles. The zero-order valence-electron chi connectivity index (χ0n) is 14.8. The Morgan fingerprint density at radius 3 is 2.63 bits per heavy atom. The van der Waals surface area contributed by atoms with E-state index in [1.807, 2.05) is 19.4 Å². The van der Waals surface area contributed by atoms with Crippen LogP contribution in [0.25, 0.3) is 22.3 Å². The molecule has 0 radical (unpaired) electrons. The molecule has 0 spiro atoms. The zero-order valence-corrected chi connectivity index (χ0v) is 14.8. The van der Waals surface area contributed by atoms with Crippen molar-refractivity contribution in [2.24, 2.45) is 7.05 Å². The van der Waals surface area contributed by atoms with Crippen LogP contribution in [0.1, 0.15) is 0 Å². The largest absolute Gasteiger partial charge is 0.352 e. The summed E-state index contributed by atoms with van der Waals surface area (Å²) in [4.78, 5) is 22.3. The van der Waals surface area contributed by atoms with Crippen LogP contribution in [-0.2, 0) is 7.05 Å². The summed E-state index contributed by atoms with van der Waals surface area (Å²) in [7, 11) is 1.89. The highest BCUT2D eigenvalue weighted by molar-refractivity contribution is 5.86. The van der Waals surface area contributed by atoms with Gasteiger partial charge in [-0.2, -0.15) is 10.2 Å². The number of hydrogen-bond acceptors (Lipinski definition) is 8. The molecule has 0 atom stereocenters. The minimum absolute atomic E-state index is 0.762. The molecule has 1 N–H and O–H groups in total. The topological polar surface area (TPSA) is 105 Å². The van der Waals surface area contributed by atoms with E-state index in [4.69, 9.17) is 4.98 Å². The highest BCUT2D eigenvalue weighted by Gasteiger charge is 2.22. The van der Waals surface area contributed by atoms with Gasteiger partial charge in [-0.05, 0) is 0 Å². The summed E-state index contributed by atoms with van der Waals surface area (Å²) in [5.74, 6) is 1.80. The molecule has 10 nitrogen and oxygen atoms in total. The lowest BCUT2D eigenvalue weighted by atomic mass is 10.2. The van der Waals surface area contributed by atoms with Gasteiger partial charge in [0.25, 0.3) is 0 Å². The summed E-state index contributed by atoms with van der Waals surface area (Å²) in [6, 6.07) is 0. The Kier molecular flexibility index (Phi) is 3.66. The molecular formula is C17H18N10. The lowest BCUT2D eigenvalue weighted by Crippen LogP contribution is -2.47. The van der Waals surface area contributed by atoms with E-state index in [1.54, 1.807) is 29.6 Å². The molecule has 4 aromatic rings. The van der Waals surface area contributed by atoms with Crippen molar-refractivity contribution in [1.82, 2.24) is 39.9 Å². The van der Waals surface area contributed by atoms with Gasteiger partial charge in [-0.1, -0.05) is 0 Å². The van der Waals surface area contributed by atoms with E-state index >= 15 is 0 Å². The molecule has 0 amide bonds. The normalized spacial score (nSPS) is 14.9. The Labute approximate surface area is 154 Å². The smallest absolute Gasteiger partial charge is 0.160 e. The summed E-state index contributed by atoms with van der Waals surface area (Å²) in [5, 5.41) is 12.1. The summed E-state index contributed by atoms with van der Waals surface area (Å²) < 4.78 is 1.76. The van der Waals surface area contributed by atoms with Gasteiger partial charge in [-0.15, -0.1) is 0 Å². The molecule has 27 heavy (non-hydrogen) atoms. The van der Waals surface area contributed by atoms with E-state index in [0.717, 1.165) is 60.1 Å². The fourth-order valence-electron chi connectivity index (χ4n) is 3.35. The van der Waals surface area contributed by atoms with Crippen molar-refractivity contribution in [3.05, 3.63) is 37.3 Å². The van der Waals surface area contributed by atoms with Crippen LogP contribution in [-0.4, -0.2) is 66.1 Å². The Balaban J connectivity index is 1.34. The average Bonchev–Trinajstić information content (AvgIpc) is 3.37. The maximum Gasteiger partial charge on any atom is 0.160 e. The first-order valence-corrected chi connectivity index (χ1v) is 8.73. The molecule has 1 fully saturated rings. The third-order valence-electron chi connectivity index (χ3n) is 4.75. The Hall–Kier alpha value is -3.56. The minimum Gasteiger partial charge on any atom is -0.352 e. The summed E-state index contributed by atoms with van der Waals surface area (Å²) in [6.07, 6.45) is 10.7. The minimum atomic E-state index is 0.762. The van der Waals surface area contributed by atoms with Crippen LogP contribution >= 0.6 is 0 Å². The number of aryl methyl sites for hydroxylation is 1. The van der Waals surface area contributed by atoms with Crippen molar-refractivity contribution in [2.45, 2.75) is 0 Å². The number of rotatable bonds is 3. The molecule has 1 saturated heterocycles. The van der Waals surface area contributed by atoms with Crippen molar-refractivity contribution in [3.63, 3.8) is 0 Å². The van der Waals surface area contributed by atoms with Gasteiger partial charge >= 0.3 is 0 Å². The van der Waals surface area contributed by atoms with Crippen LogP contribution in [0.5, 0.6) is 0 Å². The van der Waals surface area contributed by atoms with Crippen LogP contribution in [0.3, 0.4) is 0 Å². The molecule has 1 aliphatic rings. The second-order valence-electron chi connectivity index (χ2n) is 6.47. The van der Waals surface area contributed by atoms with E-state index < -0.39 is 0 Å². The monoisotopic (exact) mass is 362 g/mol. The molecule has 5 heterocycles. The molecule has 0 aromatic carbocycles. The first kappa shape index (κ1) is 15.7. The molecule has 5 rings (SSSR count). The van der Waals surface area contributed by atoms with Gasteiger partial charge in [0, 0.05) is 45.0 Å². The molecule has 0 unspecified atom stereocenters. The number of fused-ring (bicyclic) bond motifs is 1. The number of aromatic nitrogens is 8.